The zero-order valence-corrected chi connectivity index (χ0v) is 14.1. The molecule has 0 saturated carbocycles. The summed E-state index contributed by atoms with van der Waals surface area (Å²) in [6.07, 6.45) is 7.08. The van der Waals surface area contributed by atoms with Crippen molar-refractivity contribution < 1.29 is 14.1 Å². The third kappa shape index (κ3) is 3.57. The summed E-state index contributed by atoms with van der Waals surface area (Å²) in [5, 5.41) is 3.63. The molecule has 0 N–H and O–H groups in total. The van der Waals surface area contributed by atoms with Crippen molar-refractivity contribution in [2.45, 2.75) is 31.5 Å². The summed E-state index contributed by atoms with van der Waals surface area (Å²) in [7, 11) is 0. The molecule has 2 fully saturated rings. The normalized spacial score (nSPS) is 24.6. The first-order chi connectivity index (χ1) is 12.3. The molecule has 0 bridgehead atoms. The predicted molar refractivity (Wildman–Crippen MR) is 89.8 cm³/mol. The summed E-state index contributed by atoms with van der Waals surface area (Å²) in [5.74, 6) is 0.219. The molecule has 0 unspecified atom stereocenters. The van der Waals surface area contributed by atoms with Gasteiger partial charge in [-0.15, -0.1) is 0 Å². The summed E-state index contributed by atoms with van der Waals surface area (Å²) in [6.45, 7) is 3.94. The second-order valence-corrected chi connectivity index (χ2v) is 6.55. The van der Waals surface area contributed by atoms with Crippen LogP contribution < -0.4 is 0 Å². The molecule has 2 aliphatic rings. The van der Waals surface area contributed by atoms with Gasteiger partial charge in [0.05, 0.1) is 18.9 Å². The molecule has 4 rings (SSSR count). The topological polar surface area (TPSA) is 71.7 Å². The van der Waals surface area contributed by atoms with Crippen molar-refractivity contribution >= 4 is 5.91 Å². The predicted octanol–water partition coefficient (Wildman–Crippen LogP) is 1.58. The van der Waals surface area contributed by atoms with Crippen LogP contribution in [0.1, 0.15) is 29.0 Å². The van der Waals surface area contributed by atoms with Gasteiger partial charge < -0.3 is 14.2 Å². The molecule has 2 saturated heterocycles. The number of aromatic nitrogens is 2. The lowest BCUT2D eigenvalue weighted by molar-refractivity contribution is -0.0746. The van der Waals surface area contributed by atoms with Gasteiger partial charge in [0.1, 0.15) is 0 Å². The lowest BCUT2D eigenvalue weighted by Crippen LogP contribution is -2.50. The van der Waals surface area contributed by atoms with Gasteiger partial charge in [0.25, 0.3) is 5.91 Å². The fourth-order valence-corrected chi connectivity index (χ4v) is 3.76. The van der Waals surface area contributed by atoms with Gasteiger partial charge in [-0.25, -0.2) is 0 Å². The Balaban J connectivity index is 1.44. The molecule has 132 valence electrons. The van der Waals surface area contributed by atoms with Gasteiger partial charge in [0.2, 0.25) is 5.76 Å². The van der Waals surface area contributed by atoms with E-state index < -0.39 is 0 Å². The Kier molecular flexibility index (Phi) is 4.76. The number of carbonyl (C=O) groups is 1. The molecular weight excluding hydrogens is 320 g/mol. The van der Waals surface area contributed by atoms with Crippen LogP contribution in [-0.2, 0) is 11.3 Å². The Morgan fingerprint density at radius 1 is 1.12 bits per heavy atom. The van der Waals surface area contributed by atoms with E-state index in [4.69, 9.17) is 9.26 Å². The minimum absolute atomic E-state index is 0.0863. The number of hydrogen-bond donors (Lipinski definition) is 0. The maximum Gasteiger partial charge on any atom is 0.292 e. The average Bonchev–Trinajstić information content (AvgIpc) is 3.09. The number of hydrogen-bond acceptors (Lipinski definition) is 6. The number of pyridine rings is 1. The lowest BCUT2D eigenvalue weighted by Gasteiger charge is -2.40. The minimum atomic E-state index is -0.0863. The highest BCUT2D eigenvalue weighted by Crippen LogP contribution is 2.26. The summed E-state index contributed by atoms with van der Waals surface area (Å²) in [5.41, 5.74) is 1.26. The molecule has 2 aromatic rings. The number of amides is 1. The summed E-state index contributed by atoms with van der Waals surface area (Å²) >= 11 is 0. The summed E-state index contributed by atoms with van der Waals surface area (Å²) in [6, 6.07) is 6.06. The highest BCUT2D eigenvalue weighted by Gasteiger charge is 2.36. The maximum atomic E-state index is 12.5. The number of nitrogens with zero attached hydrogens (tertiary/aromatic N) is 4. The molecule has 0 radical (unpaired) electrons. The van der Waals surface area contributed by atoms with E-state index in [0.29, 0.717) is 24.9 Å². The molecule has 1 amide bonds. The zero-order chi connectivity index (χ0) is 17.1. The van der Waals surface area contributed by atoms with Crippen LogP contribution in [0.25, 0.3) is 0 Å². The fourth-order valence-electron chi connectivity index (χ4n) is 3.76. The molecule has 7 nitrogen and oxygen atoms in total. The first-order valence-electron chi connectivity index (χ1n) is 8.76. The van der Waals surface area contributed by atoms with Crippen LogP contribution in [-0.4, -0.2) is 64.2 Å². The van der Waals surface area contributed by atoms with E-state index in [9.17, 15) is 4.79 Å². The van der Waals surface area contributed by atoms with Crippen molar-refractivity contribution in [3.05, 3.63) is 48.1 Å². The SMILES string of the molecule is O=C(c1ccno1)N1CC[C@@H]2[C@@H](CC1)OCCN2Cc1ccncc1. The maximum absolute atomic E-state index is 12.5. The monoisotopic (exact) mass is 342 g/mol. The van der Waals surface area contributed by atoms with Crippen molar-refractivity contribution in [2.75, 3.05) is 26.2 Å². The number of morpholine rings is 1. The number of likely N-dealkylation sites (tertiary alicyclic amines) is 1. The van der Waals surface area contributed by atoms with E-state index in [1.165, 1.54) is 11.8 Å². The Hall–Kier alpha value is -2.25. The Bertz CT molecular complexity index is 692. The van der Waals surface area contributed by atoms with E-state index in [-0.39, 0.29) is 12.0 Å². The molecule has 0 aliphatic carbocycles. The van der Waals surface area contributed by atoms with Gasteiger partial charge in [-0.05, 0) is 30.5 Å². The molecule has 2 aliphatic heterocycles. The quantitative estimate of drug-likeness (QED) is 0.843. The summed E-state index contributed by atoms with van der Waals surface area (Å²) in [4.78, 5) is 20.9. The van der Waals surface area contributed by atoms with E-state index >= 15 is 0 Å². The molecule has 2 aromatic heterocycles. The molecule has 25 heavy (non-hydrogen) atoms. The number of fused-ring (bicyclic) bond motifs is 1. The number of rotatable bonds is 3. The van der Waals surface area contributed by atoms with Crippen LogP contribution >= 0.6 is 0 Å². The van der Waals surface area contributed by atoms with Crippen LogP contribution in [0, 0.1) is 0 Å². The fraction of sp³-hybridized carbons (Fsp3) is 0.500. The van der Waals surface area contributed by atoms with Crippen LogP contribution in [0.3, 0.4) is 0 Å². The second kappa shape index (κ2) is 7.33. The van der Waals surface area contributed by atoms with E-state index in [0.717, 1.165) is 32.5 Å². The van der Waals surface area contributed by atoms with Crippen molar-refractivity contribution in [3.8, 4) is 0 Å². The molecule has 2 atom stereocenters. The molecule has 0 spiro atoms. The van der Waals surface area contributed by atoms with Crippen LogP contribution in [0.4, 0.5) is 0 Å². The highest BCUT2D eigenvalue weighted by atomic mass is 16.5. The Labute approximate surface area is 146 Å². The van der Waals surface area contributed by atoms with Crippen molar-refractivity contribution in [1.29, 1.82) is 0 Å². The van der Waals surface area contributed by atoms with Crippen molar-refractivity contribution in [3.63, 3.8) is 0 Å². The van der Waals surface area contributed by atoms with Crippen LogP contribution in [0.2, 0.25) is 0 Å². The zero-order valence-electron chi connectivity index (χ0n) is 14.1. The van der Waals surface area contributed by atoms with Gasteiger partial charge >= 0.3 is 0 Å². The first-order valence-corrected chi connectivity index (χ1v) is 8.76. The average molecular weight is 342 g/mol. The largest absolute Gasteiger partial charge is 0.375 e. The second-order valence-electron chi connectivity index (χ2n) is 6.55. The molecular formula is C18H22N4O3. The highest BCUT2D eigenvalue weighted by molar-refractivity contribution is 5.91. The van der Waals surface area contributed by atoms with Gasteiger partial charge in [-0.3, -0.25) is 14.7 Å². The minimum Gasteiger partial charge on any atom is -0.375 e. The van der Waals surface area contributed by atoms with Gasteiger partial charge in [-0.2, -0.15) is 0 Å². The van der Waals surface area contributed by atoms with E-state index in [1.54, 1.807) is 6.07 Å². The van der Waals surface area contributed by atoms with E-state index in [2.05, 4.69) is 27.2 Å². The van der Waals surface area contributed by atoms with Gasteiger partial charge in [0.15, 0.2) is 0 Å². The standard InChI is InChI=1S/C18H22N4O3/c23-18(17-3-8-20-25-17)21-9-4-15-16(5-10-21)24-12-11-22(15)13-14-1-6-19-7-2-14/h1-3,6-8,15-16H,4-5,9-13H2/t15-,16-/m1/s1. The lowest BCUT2D eigenvalue weighted by atomic mass is 10.0. The van der Waals surface area contributed by atoms with E-state index in [1.807, 2.05) is 17.3 Å². The first kappa shape index (κ1) is 16.2. The summed E-state index contributed by atoms with van der Waals surface area (Å²) < 4.78 is 11.0. The van der Waals surface area contributed by atoms with Crippen LogP contribution in [0.5, 0.6) is 0 Å². The Morgan fingerprint density at radius 3 is 2.76 bits per heavy atom. The molecule has 7 heteroatoms. The molecule has 4 heterocycles. The third-order valence-electron chi connectivity index (χ3n) is 5.06. The van der Waals surface area contributed by atoms with Crippen molar-refractivity contribution in [2.24, 2.45) is 0 Å². The smallest absolute Gasteiger partial charge is 0.292 e. The number of carbonyl (C=O) groups excluding carboxylic acids is 1. The molecule has 0 aromatic carbocycles. The third-order valence-corrected chi connectivity index (χ3v) is 5.06. The Morgan fingerprint density at radius 2 is 1.96 bits per heavy atom. The van der Waals surface area contributed by atoms with Crippen molar-refractivity contribution in [1.82, 2.24) is 19.9 Å². The van der Waals surface area contributed by atoms with Gasteiger partial charge in [0, 0.05) is 50.7 Å². The number of ether oxygens (including phenoxy) is 1. The van der Waals surface area contributed by atoms with Gasteiger partial charge in [-0.1, -0.05) is 5.16 Å². The van der Waals surface area contributed by atoms with Crippen LogP contribution in [0.15, 0.2) is 41.3 Å².